The van der Waals surface area contributed by atoms with Gasteiger partial charge in [-0.1, -0.05) is 11.6 Å². The number of ether oxygens (including phenoxy) is 2. The van der Waals surface area contributed by atoms with Crippen molar-refractivity contribution in [1.82, 2.24) is 10.2 Å². The van der Waals surface area contributed by atoms with Crippen molar-refractivity contribution in [3.8, 4) is 5.75 Å². The molecule has 2 aliphatic heterocycles. The van der Waals surface area contributed by atoms with Gasteiger partial charge in [0, 0.05) is 23.2 Å². The number of halogens is 4. The van der Waals surface area contributed by atoms with Gasteiger partial charge in [0.25, 0.3) is 5.91 Å². The molecule has 3 heterocycles. The summed E-state index contributed by atoms with van der Waals surface area (Å²) < 4.78 is 46.4. The molecule has 27 heavy (non-hydrogen) atoms. The summed E-state index contributed by atoms with van der Waals surface area (Å²) in [5.74, 6) is -0.713. The summed E-state index contributed by atoms with van der Waals surface area (Å²) in [5, 5.41) is 3.39. The maximum absolute atomic E-state index is 12.9. The standard InChI is InChI=1S/C16H12ClF3N2O4S/c17-11-9-2-1-8(26-16(18,19)20)5-10(9)27-12(11)13(23)22-4-3-15(6-22)7-25-14(24)21-15/h1-2,5H,3-4,6-7H2,(H,21,24). The largest absolute Gasteiger partial charge is 0.573 e. The second-order valence-electron chi connectivity index (χ2n) is 6.41. The first-order valence-corrected chi connectivity index (χ1v) is 9.07. The van der Waals surface area contributed by atoms with Crippen molar-refractivity contribution in [3.05, 3.63) is 28.1 Å². The fraction of sp³-hybridized carbons (Fsp3) is 0.375. The van der Waals surface area contributed by atoms with E-state index in [0.29, 0.717) is 23.1 Å². The number of benzene rings is 1. The number of hydrogen-bond donors (Lipinski definition) is 1. The summed E-state index contributed by atoms with van der Waals surface area (Å²) >= 11 is 7.30. The van der Waals surface area contributed by atoms with Gasteiger partial charge in [-0.05, 0) is 24.6 Å². The highest BCUT2D eigenvalue weighted by Gasteiger charge is 2.46. The highest BCUT2D eigenvalue weighted by molar-refractivity contribution is 7.21. The Morgan fingerprint density at radius 2 is 2.19 bits per heavy atom. The van der Waals surface area contributed by atoms with Crippen LogP contribution in [0, 0.1) is 0 Å². The summed E-state index contributed by atoms with van der Waals surface area (Å²) in [7, 11) is 0. The van der Waals surface area contributed by atoms with Crippen LogP contribution in [0.25, 0.3) is 10.1 Å². The Labute approximate surface area is 159 Å². The number of alkyl carbamates (subject to hydrolysis) is 1. The van der Waals surface area contributed by atoms with Crippen molar-refractivity contribution >= 4 is 45.0 Å². The number of alkyl halides is 3. The molecule has 0 bridgehead atoms. The number of likely N-dealkylation sites (tertiary alicyclic amines) is 1. The van der Waals surface area contributed by atoms with E-state index in [2.05, 4.69) is 10.1 Å². The summed E-state index contributed by atoms with van der Waals surface area (Å²) in [5.41, 5.74) is -0.594. The van der Waals surface area contributed by atoms with Crippen molar-refractivity contribution in [2.45, 2.75) is 18.3 Å². The quantitative estimate of drug-likeness (QED) is 0.803. The molecule has 1 atom stereocenters. The third kappa shape index (κ3) is 3.39. The molecule has 0 saturated carbocycles. The Kier molecular flexibility index (Phi) is 4.15. The van der Waals surface area contributed by atoms with E-state index < -0.39 is 18.0 Å². The highest BCUT2D eigenvalue weighted by atomic mass is 35.5. The number of nitrogens with zero attached hydrogens (tertiary/aromatic N) is 1. The Morgan fingerprint density at radius 1 is 1.41 bits per heavy atom. The second kappa shape index (κ2) is 6.16. The van der Waals surface area contributed by atoms with Gasteiger partial charge in [-0.2, -0.15) is 0 Å². The molecule has 1 aromatic heterocycles. The number of carbonyl (C=O) groups is 2. The Morgan fingerprint density at radius 3 is 2.85 bits per heavy atom. The molecular weight excluding hydrogens is 409 g/mol. The first kappa shape index (κ1) is 18.2. The minimum atomic E-state index is -4.80. The molecular formula is C16H12ClF3N2O4S. The van der Waals surface area contributed by atoms with E-state index in [1.54, 1.807) is 4.90 Å². The van der Waals surface area contributed by atoms with E-state index in [0.717, 1.165) is 17.4 Å². The Balaban J connectivity index is 1.59. The average molecular weight is 421 g/mol. The predicted molar refractivity (Wildman–Crippen MR) is 91.3 cm³/mol. The zero-order valence-electron chi connectivity index (χ0n) is 13.6. The van der Waals surface area contributed by atoms with Gasteiger partial charge in [0.2, 0.25) is 0 Å². The van der Waals surface area contributed by atoms with Gasteiger partial charge in [0.1, 0.15) is 17.2 Å². The number of amides is 2. The van der Waals surface area contributed by atoms with Crippen LogP contribution in [0.4, 0.5) is 18.0 Å². The topological polar surface area (TPSA) is 67.9 Å². The van der Waals surface area contributed by atoms with Crippen LogP contribution in [-0.2, 0) is 4.74 Å². The zero-order valence-corrected chi connectivity index (χ0v) is 15.1. The Bertz CT molecular complexity index is 948. The van der Waals surface area contributed by atoms with Crippen LogP contribution in [0.2, 0.25) is 5.02 Å². The molecule has 1 unspecified atom stereocenters. The van der Waals surface area contributed by atoms with E-state index >= 15 is 0 Å². The molecule has 6 nitrogen and oxygen atoms in total. The number of nitrogens with one attached hydrogen (secondary N) is 1. The van der Waals surface area contributed by atoms with Crippen molar-refractivity contribution in [2.24, 2.45) is 0 Å². The average Bonchev–Trinajstić information content (AvgIpc) is 3.24. The molecule has 11 heteroatoms. The molecule has 1 aromatic carbocycles. The van der Waals surface area contributed by atoms with Gasteiger partial charge in [0.15, 0.2) is 0 Å². The summed E-state index contributed by atoms with van der Waals surface area (Å²) in [6.07, 6.45) is -4.76. The third-order valence-electron chi connectivity index (χ3n) is 4.52. The van der Waals surface area contributed by atoms with E-state index in [9.17, 15) is 22.8 Å². The maximum Gasteiger partial charge on any atom is 0.573 e. The molecule has 1 N–H and O–H groups in total. The number of rotatable bonds is 2. The summed E-state index contributed by atoms with van der Waals surface area (Å²) in [6, 6.07) is 3.74. The van der Waals surface area contributed by atoms with Crippen molar-refractivity contribution < 1.29 is 32.2 Å². The zero-order chi connectivity index (χ0) is 19.4. The molecule has 144 valence electrons. The van der Waals surface area contributed by atoms with Gasteiger partial charge in [-0.15, -0.1) is 24.5 Å². The molecule has 0 aliphatic carbocycles. The molecule has 2 fully saturated rings. The van der Waals surface area contributed by atoms with Crippen LogP contribution in [0.15, 0.2) is 18.2 Å². The van der Waals surface area contributed by atoms with Gasteiger partial charge in [-0.25, -0.2) is 4.79 Å². The van der Waals surface area contributed by atoms with Gasteiger partial charge < -0.3 is 19.7 Å². The molecule has 2 aromatic rings. The van der Waals surface area contributed by atoms with Crippen LogP contribution in [-0.4, -0.2) is 48.5 Å². The number of fused-ring (bicyclic) bond motifs is 1. The minimum Gasteiger partial charge on any atom is -0.447 e. The molecule has 4 rings (SSSR count). The molecule has 2 saturated heterocycles. The van der Waals surface area contributed by atoms with E-state index in [1.807, 2.05) is 0 Å². The number of thiophene rings is 1. The molecule has 0 radical (unpaired) electrons. The first-order valence-electron chi connectivity index (χ1n) is 7.88. The normalized spacial score (nSPS) is 22.4. The monoisotopic (exact) mass is 420 g/mol. The van der Waals surface area contributed by atoms with Crippen LogP contribution in [0.1, 0.15) is 16.1 Å². The van der Waals surface area contributed by atoms with E-state index in [4.69, 9.17) is 16.3 Å². The lowest BCUT2D eigenvalue weighted by Gasteiger charge is -2.21. The highest BCUT2D eigenvalue weighted by Crippen LogP contribution is 2.39. The van der Waals surface area contributed by atoms with Crippen LogP contribution < -0.4 is 10.1 Å². The Hall–Kier alpha value is -2.20. The smallest absolute Gasteiger partial charge is 0.447 e. The second-order valence-corrected chi connectivity index (χ2v) is 7.84. The fourth-order valence-electron chi connectivity index (χ4n) is 3.28. The lowest BCUT2D eigenvalue weighted by atomic mass is 10.0. The SMILES string of the molecule is O=C1NC2(CCN(C(=O)c3sc4cc(OC(F)(F)F)ccc4c3Cl)C2)CO1. The van der Waals surface area contributed by atoms with Gasteiger partial charge in [-0.3, -0.25) is 4.79 Å². The summed E-state index contributed by atoms with van der Waals surface area (Å²) in [6.45, 7) is 0.883. The minimum absolute atomic E-state index is 0.186. The van der Waals surface area contributed by atoms with Crippen LogP contribution in [0.5, 0.6) is 5.75 Å². The van der Waals surface area contributed by atoms with Crippen LogP contribution in [0.3, 0.4) is 0 Å². The van der Waals surface area contributed by atoms with Crippen molar-refractivity contribution in [1.29, 1.82) is 0 Å². The van der Waals surface area contributed by atoms with Gasteiger partial charge in [0.05, 0.1) is 10.6 Å². The van der Waals surface area contributed by atoms with Crippen LogP contribution >= 0.6 is 22.9 Å². The molecule has 2 aliphatic rings. The first-order chi connectivity index (χ1) is 12.7. The fourth-order valence-corrected chi connectivity index (χ4v) is 4.79. The molecule has 1 spiro atoms. The lowest BCUT2D eigenvalue weighted by Crippen LogP contribution is -2.46. The van der Waals surface area contributed by atoms with E-state index in [1.165, 1.54) is 12.1 Å². The maximum atomic E-state index is 12.9. The van der Waals surface area contributed by atoms with Gasteiger partial charge >= 0.3 is 12.5 Å². The number of carbonyl (C=O) groups excluding carboxylic acids is 2. The van der Waals surface area contributed by atoms with Crippen molar-refractivity contribution in [2.75, 3.05) is 19.7 Å². The predicted octanol–water partition coefficient (Wildman–Crippen LogP) is 3.78. The lowest BCUT2D eigenvalue weighted by molar-refractivity contribution is -0.274. The summed E-state index contributed by atoms with van der Waals surface area (Å²) in [4.78, 5) is 26.0. The molecule has 2 amide bonds. The van der Waals surface area contributed by atoms with Crippen molar-refractivity contribution in [3.63, 3.8) is 0 Å². The number of cyclic esters (lactones) is 1. The van der Waals surface area contributed by atoms with E-state index in [-0.39, 0.29) is 34.7 Å². The third-order valence-corrected chi connectivity index (χ3v) is 6.16. The number of hydrogen-bond acceptors (Lipinski definition) is 5.